The standard InChI is InChI=1S/C20H20ClN3O3S/c1-2-11-22-20(25)19(12-14-13-23-18-6-4-3-5-17(14)18)24-28(26,27)16-9-7-15(21)8-10-16/h2-10,13,19,23-24H,1,11-12H2,(H,22,25)/t19-/m0/s1. The third kappa shape index (κ3) is 4.62. The molecule has 0 aliphatic carbocycles. The average Bonchev–Trinajstić information content (AvgIpc) is 3.09. The molecule has 0 fully saturated rings. The maximum Gasteiger partial charge on any atom is 0.241 e. The zero-order valence-corrected chi connectivity index (χ0v) is 16.6. The van der Waals surface area contributed by atoms with Crippen LogP contribution in [-0.2, 0) is 21.2 Å². The number of nitrogens with one attached hydrogen (secondary N) is 3. The Kier molecular flexibility index (Phi) is 6.18. The normalized spacial score (nSPS) is 12.6. The molecule has 0 saturated carbocycles. The molecule has 0 aliphatic rings. The first-order valence-corrected chi connectivity index (χ1v) is 10.5. The fourth-order valence-corrected chi connectivity index (χ4v) is 4.19. The van der Waals surface area contributed by atoms with Crippen molar-refractivity contribution in [2.24, 2.45) is 0 Å². The van der Waals surface area contributed by atoms with E-state index in [4.69, 9.17) is 11.6 Å². The Bertz CT molecular complexity index is 1090. The summed E-state index contributed by atoms with van der Waals surface area (Å²) < 4.78 is 28.0. The van der Waals surface area contributed by atoms with Crippen LogP contribution in [0.4, 0.5) is 0 Å². The molecule has 0 aliphatic heterocycles. The SMILES string of the molecule is C=CCNC(=O)[C@H](Cc1c[nH]c2ccccc12)NS(=O)(=O)c1ccc(Cl)cc1. The molecule has 0 unspecified atom stereocenters. The van der Waals surface area contributed by atoms with E-state index in [0.717, 1.165) is 16.5 Å². The molecule has 28 heavy (non-hydrogen) atoms. The van der Waals surface area contributed by atoms with Crippen molar-refractivity contribution in [2.45, 2.75) is 17.4 Å². The highest BCUT2D eigenvalue weighted by atomic mass is 35.5. The maximum atomic E-state index is 12.8. The van der Waals surface area contributed by atoms with Crippen LogP contribution in [0.2, 0.25) is 5.02 Å². The van der Waals surface area contributed by atoms with Crippen LogP contribution in [-0.4, -0.2) is 31.9 Å². The molecule has 6 nitrogen and oxygen atoms in total. The van der Waals surface area contributed by atoms with Crippen molar-refractivity contribution in [1.82, 2.24) is 15.0 Å². The Morgan fingerprint density at radius 3 is 2.61 bits per heavy atom. The number of aromatic nitrogens is 1. The number of hydrogen-bond donors (Lipinski definition) is 3. The van der Waals surface area contributed by atoms with E-state index in [-0.39, 0.29) is 17.9 Å². The Hall–Kier alpha value is -2.61. The van der Waals surface area contributed by atoms with Gasteiger partial charge in [-0.15, -0.1) is 6.58 Å². The minimum atomic E-state index is -3.91. The third-order valence-corrected chi connectivity index (χ3v) is 6.00. The van der Waals surface area contributed by atoms with E-state index in [1.165, 1.54) is 30.3 Å². The maximum absolute atomic E-state index is 12.8. The summed E-state index contributed by atoms with van der Waals surface area (Å²) in [6.07, 6.45) is 3.52. The summed E-state index contributed by atoms with van der Waals surface area (Å²) in [5, 5.41) is 4.03. The lowest BCUT2D eigenvalue weighted by Crippen LogP contribution is -2.47. The zero-order valence-electron chi connectivity index (χ0n) is 15.0. The van der Waals surface area contributed by atoms with Crippen molar-refractivity contribution in [3.63, 3.8) is 0 Å². The fourth-order valence-electron chi connectivity index (χ4n) is 2.87. The van der Waals surface area contributed by atoms with E-state index in [0.29, 0.717) is 5.02 Å². The average molecular weight is 418 g/mol. The van der Waals surface area contributed by atoms with Gasteiger partial charge in [-0.1, -0.05) is 35.9 Å². The number of carbonyl (C=O) groups is 1. The van der Waals surface area contributed by atoms with Gasteiger partial charge in [0.05, 0.1) is 4.90 Å². The van der Waals surface area contributed by atoms with Crippen LogP contribution in [0.5, 0.6) is 0 Å². The second kappa shape index (κ2) is 8.60. The van der Waals surface area contributed by atoms with E-state index in [2.05, 4.69) is 21.6 Å². The van der Waals surface area contributed by atoms with Crippen molar-refractivity contribution < 1.29 is 13.2 Å². The number of sulfonamides is 1. The molecule has 3 aromatic rings. The smallest absolute Gasteiger partial charge is 0.241 e. The van der Waals surface area contributed by atoms with Crippen molar-refractivity contribution in [2.75, 3.05) is 6.54 Å². The summed E-state index contributed by atoms with van der Waals surface area (Å²) in [6.45, 7) is 3.81. The Labute approximate surface area is 168 Å². The van der Waals surface area contributed by atoms with Crippen molar-refractivity contribution >= 4 is 38.4 Å². The lowest BCUT2D eigenvalue weighted by atomic mass is 10.1. The molecule has 0 saturated heterocycles. The number of benzene rings is 2. The van der Waals surface area contributed by atoms with Gasteiger partial charge in [0.15, 0.2) is 0 Å². The number of carbonyl (C=O) groups excluding carboxylic acids is 1. The number of H-pyrrole nitrogens is 1. The fraction of sp³-hybridized carbons (Fsp3) is 0.150. The van der Waals surface area contributed by atoms with Gasteiger partial charge in [-0.05, 0) is 42.3 Å². The highest BCUT2D eigenvalue weighted by Gasteiger charge is 2.26. The second-order valence-corrected chi connectivity index (χ2v) is 8.38. The number of rotatable bonds is 8. The monoisotopic (exact) mass is 417 g/mol. The molecule has 1 heterocycles. The topological polar surface area (TPSA) is 91.1 Å². The highest BCUT2D eigenvalue weighted by molar-refractivity contribution is 7.89. The molecule has 0 spiro atoms. The third-order valence-electron chi connectivity index (χ3n) is 4.26. The number of para-hydroxylation sites is 1. The van der Waals surface area contributed by atoms with E-state index >= 15 is 0 Å². The number of fused-ring (bicyclic) bond motifs is 1. The summed E-state index contributed by atoms with van der Waals surface area (Å²) in [5.41, 5.74) is 1.76. The Morgan fingerprint density at radius 1 is 1.18 bits per heavy atom. The quantitative estimate of drug-likeness (QED) is 0.492. The van der Waals surface area contributed by atoms with E-state index in [1.54, 1.807) is 6.20 Å². The zero-order chi connectivity index (χ0) is 20.1. The predicted octanol–water partition coefficient (Wildman–Crippen LogP) is 3.01. The molecule has 0 bridgehead atoms. The Balaban J connectivity index is 1.89. The molecular formula is C20H20ClN3O3S. The van der Waals surface area contributed by atoms with Crippen LogP contribution in [0.15, 0.2) is 72.3 Å². The van der Waals surface area contributed by atoms with Gasteiger partial charge in [0.1, 0.15) is 6.04 Å². The largest absolute Gasteiger partial charge is 0.361 e. The molecule has 8 heteroatoms. The minimum Gasteiger partial charge on any atom is -0.361 e. The summed E-state index contributed by atoms with van der Waals surface area (Å²) in [4.78, 5) is 15.8. The van der Waals surface area contributed by atoms with Gasteiger partial charge in [0, 0.05) is 28.7 Å². The summed E-state index contributed by atoms with van der Waals surface area (Å²) >= 11 is 5.83. The number of halogens is 1. The summed E-state index contributed by atoms with van der Waals surface area (Å²) in [7, 11) is -3.91. The predicted molar refractivity (Wildman–Crippen MR) is 111 cm³/mol. The molecule has 1 atom stereocenters. The van der Waals surface area contributed by atoms with Gasteiger partial charge in [-0.2, -0.15) is 4.72 Å². The molecule has 146 valence electrons. The van der Waals surface area contributed by atoms with Crippen LogP contribution in [0.3, 0.4) is 0 Å². The minimum absolute atomic E-state index is 0.0392. The molecule has 2 aromatic carbocycles. The van der Waals surface area contributed by atoms with Crippen LogP contribution in [0.25, 0.3) is 10.9 Å². The molecule has 0 radical (unpaired) electrons. The van der Waals surface area contributed by atoms with Crippen LogP contribution >= 0.6 is 11.6 Å². The van der Waals surface area contributed by atoms with E-state index in [1.807, 2.05) is 24.3 Å². The van der Waals surface area contributed by atoms with Gasteiger partial charge < -0.3 is 10.3 Å². The summed E-state index contributed by atoms with van der Waals surface area (Å²) in [6, 6.07) is 12.4. The lowest BCUT2D eigenvalue weighted by molar-refractivity contribution is -0.122. The second-order valence-electron chi connectivity index (χ2n) is 6.23. The van der Waals surface area contributed by atoms with Gasteiger partial charge in [0.2, 0.25) is 15.9 Å². The van der Waals surface area contributed by atoms with Crippen molar-refractivity contribution in [1.29, 1.82) is 0 Å². The van der Waals surface area contributed by atoms with Crippen LogP contribution in [0, 0.1) is 0 Å². The first-order valence-electron chi connectivity index (χ1n) is 8.62. The van der Waals surface area contributed by atoms with E-state index < -0.39 is 22.0 Å². The van der Waals surface area contributed by atoms with Gasteiger partial charge >= 0.3 is 0 Å². The molecular weight excluding hydrogens is 398 g/mol. The summed E-state index contributed by atoms with van der Waals surface area (Å²) in [5.74, 6) is -0.428. The number of amides is 1. The van der Waals surface area contributed by atoms with Crippen molar-refractivity contribution in [3.05, 3.63) is 78.0 Å². The molecule has 3 rings (SSSR count). The number of aromatic amines is 1. The van der Waals surface area contributed by atoms with Crippen molar-refractivity contribution in [3.8, 4) is 0 Å². The van der Waals surface area contributed by atoms with Crippen LogP contribution in [0.1, 0.15) is 5.56 Å². The highest BCUT2D eigenvalue weighted by Crippen LogP contribution is 2.20. The molecule has 3 N–H and O–H groups in total. The first-order chi connectivity index (χ1) is 13.4. The molecule has 1 amide bonds. The van der Waals surface area contributed by atoms with Gasteiger partial charge in [0.25, 0.3) is 0 Å². The first kappa shape index (κ1) is 20.1. The Morgan fingerprint density at radius 2 is 1.89 bits per heavy atom. The van der Waals surface area contributed by atoms with Gasteiger partial charge in [-0.25, -0.2) is 8.42 Å². The number of hydrogen-bond acceptors (Lipinski definition) is 3. The van der Waals surface area contributed by atoms with E-state index in [9.17, 15) is 13.2 Å². The molecule has 1 aromatic heterocycles. The lowest BCUT2D eigenvalue weighted by Gasteiger charge is -2.18. The van der Waals surface area contributed by atoms with Gasteiger partial charge in [-0.3, -0.25) is 4.79 Å². The van der Waals surface area contributed by atoms with Crippen LogP contribution < -0.4 is 10.0 Å².